The molecule has 0 radical (unpaired) electrons. The Morgan fingerprint density at radius 1 is 0.880 bits per heavy atom. The van der Waals surface area contributed by atoms with Gasteiger partial charge in [-0.15, -0.1) is 0 Å². The molecule has 0 saturated carbocycles. The highest BCUT2D eigenvalue weighted by atomic mass is 79.9. The lowest BCUT2D eigenvalue weighted by atomic mass is 10.1. The number of hydrogen-bond acceptors (Lipinski definition) is 2. The van der Waals surface area contributed by atoms with Gasteiger partial charge < -0.3 is 9.97 Å². The lowest BCUT2D eigenvalue weighted by molar-refractivity contribution is 0.625. The molecule has 25 heavy (non-hydrogen) atoms. The van der Waals surface area contributed by atoms with Crippen LogP contribution < -0.4 is 0 Å². The highest BCUT2D eigenvalue weighted by molar-refractivity contribution is 9.10. The normalized spacial score (nSPS) is 10.1. The molecule has 2 N–H and O–H groups in total. The Morgan fingerprint density at radius 2 is 1.52 bits per heavy atom. The lowest BCUT2D eigenvalue weighted by Crippen LogP contribution is -1.82. The van der Waals surface area contributed by atoms with Gasteiger partial charge in [0.15, 0.2) is 0 Å². The Hall–Kier alpha value is -3.16. The Bertz CT molecular complexity index is 1160. The third-order valence-corrected chi connectivity index (χ3v) is 4.26. The maximum absolute atomic E-state index is 13.1. The molecule has 0 atom stereocenters. The Balaban J connectivity index is 0.000000146. The van der Waals surface area contributed by atoms with Gasteiger partial charge in [-0.2, -0.15) is 10.5 Å². The molecule has 2 aromatic heterocycles. The van der Waals surface area contributed by atoms with Gasteiger partial charge in [-0.1, -0.05) is 0 Å². The van der Waals surface area contributed by atoms with E-state index in [-0.39, 0.29) is 11.1 Å². The average Bonchev–Trinajstić information content (AvgIpc) is 3.20. The SMILES string of the molecule is N#Cc1cc2c(Br)c[nH]c2cc1F.N#Cc1cc2cc[nH]c2cc1F. The number of rotatable bonds is 0. The van der Waals surface area contributed by atoms with E-state index in [0.717, 1.165) is 15.2 Å². The maximum atomic E-state index is 13.1. The first kappa shape index (κ1) is 16.7. The molecule has 0 amide bonds. The van der Waals surface area contributed by atoms with Crippen LogP contribution in [0.25, 0.3) is 21.8 Å². The van der Waals surface area contributed by atoms with Gasteiger partial charge in [-0.05, 0) is 46.3 Å². The van der Waals surface area contributed by atoms with Crippen LogP contribution in [0.15, 0.2) is 47.2 Å². The summed E-state index contributed by atoms with van der Waals surface area (Å²) in [6.45, 7) is 0. The van der Waals surface area contributed by atoms with Crippen LogP contribution in [0, 0.1) is 34.3 Å². The first-order valence-corrected chi connectivity index (χ1v) is 7.85. The van der Waals surface area contributed by atoms with Crippen molar-refractivity contribution in [1.82, 2.24) is 9.97 Å². The summed E-state index contributed by atoms with van der Waals surface area (Å²) in [7, 11) is 0. The third-order valence-electron chi connectivity index (χ3n) is 3.60. The van der Waals surface area contributed by atoms with Gasteiger partial charge in [-0.3, -0.25) is 0 Å². The molecule has 0 saturated heterocycles. The predicted octanol–water partition coefficient (Wildman–Crippen LogP) is 5.12. The monoisotopic (exact) mass is 398 g/mol. The minimum atomic E-state index is -0.496. The second-order valence-electron chi connectivity index (χ2n) is 5.13. The van der Waals surface area contributed by atoms with Gasteiger partial charge in [0.1, 0.15) is 23.8 Å². The van der Waals surface area contributed by atoms with Crippen molar-refractivity contribution in [3.8, 4) is 12.1 Å². The topological polar surface area (TPSA) is 79.2 Å². The summed E-state index contributed by atoms with van der Waals surface area (Å²) >= 11 is 3.29. The first-order chi connectivity index (χ1) is 12.0. The van der Waals surface area contributed by atoms with Crippen molar-refractivity contribution in [3.63, 3.8) is 0 Å². The fourth-order valence-corrected chi connectivity index (χ4v) is 2.80. The van der Waals surface area contributed by atoms with E-state index < -0.39 is 11.6 Å². The quantitative estimate of drug-likeness (QED) is 0.431. The van der Waals surface area contributed by atoms with Crippen molar-refractivity contribution >= 4 is 37.7 Å². The molecule has 4 rings (SSSR count). The molecule has 0 aliphatic rings. The standard InChI is InChI=1S/C9H4BrFN2.C9H5FN2/c10-7-4-13-9-2-8(11)5(3-12)1-6(7)9;10-8-4-9-6(1-2-12-9)3-7(8)5-11/h1-2,4,13H;1-4,12H. The lowest BCUT2D eigenvalue weighted by Gasteiger charge is -1.94. The van der Waals surface area contributed by atoms with E-state index in [0.29, 0.717) is 11.0 Å². The molecule has 4 nitrogen and oxygen atoms in total. The number of halogens is 3. The number of aromatic amines is 2. The van der Waals surface area contributed by atoms with Crippen molar-refractivity contribution in [2.75, 3.05) is 0 Å². The second kappa shape index (κ2) is 6.76. The summed E-state index contributed by atoms with van der Waals surface area (Å²) in [5.41, 5.74) is 1.55. The minimum Gasteiger partial charge on any atom is -0.361 e. The van der Waals surface area contributed by atoms with Crippen LogP contribution in [0.4, 0.5) is 8.78 Å². The van der Waals surface area contributed by atoms with Crippen LogP contribution in [0.5, 0.6) is 0 Å². The summed E-state index contributed by atoms with van der Waals surface area (Å²) in [6.07, 6.45) is 3.43. The number of nitrogens with one attached hydrogen (secondary N) is 2. The van der Waals surface area contributed by atoms with Gasteiger partial charge in [0.25, 0.3) is 0 Å². The van der Waals surface area contributed by atoms with E-state index in [9.17, 15) is 8.78 Å². The fraction of sp³-hybridized carbons (Fsp3) is 0. The first-order valence-electron chi connectivity index (χ1n) is 7.06. The molecule has 2 aromatic carbocycles. The van der Waals surface area contributed by atoms with Crippen molar-refractivity contribution in [2.24, 2.45) is 0 Å². The van der Waals surface area contributed by atoms with Crippen molar-refractivity contribution in [2.45, 2.75) is 0 Å². The van der Waals surface area contributed by atoms with Gasteiger partial charge in [0.05, 0.1) is 11.1 Å². The van der Waals surface area contributed by atoms with E-state index in [2.05, 4.69) is 25.9 Å². The molecular weight excluding hydrogens is 390 g/mol. The van der Waals surface area contributed by atoms with Crippen LogP contribution in [0.3, 0.4) is 0 Å². The summed E-state index contributed by atoms with van der Waals surface area (Å²) in [4.78, 5) is 5.75. The molecule has 0 bridgehead atoms. The van der Waals surface area contributed by atoms with Gasteiger partial charge in [0.2, 0.25) is 0 Å². The zero-order chi connectivity index (χ0) is 18.0. The number of benzene rings is 2. The molecular formula is C18H9BrF2N4. The number of nitrogens with zero attached hydrogens (tertiary/aromatic N) is 2. The van der Waals surface area contributed by atoms with Crippen LogP contribution in [0.1, 0.15) is 11.1 Å². The number of fused-ring (bicyclic) bond motifs is 2. The molecule has 122 valence electrons. The summed E-state index contributed by atoms with van der Waals surface area (Å²) < 4.78 is 26.9. The van der Waals surface area contributed by atoms with Crippen molar-refractivity contribution < 1.29 is 8.78 Å². The zero-order valence-corrected chi connectivity index (χ0v) is 14.2. The van der Waals surface area contributed by atoms with E-state index in [1.54, 1.807) is 30.6 Å². The molecule has 2 heterocycles. The Labute approximate surface area is 149 Å². The number of H-pyrrole nitrogens is 2. The molecule has 4 aromatic rings. The van der Waals surface area contributed by atoms with Crippen molar-refractivity contribution in [1.29, 1.82) is 10.5 Å². The summed E-state index contributed by atoms with van der Waals surface area (Å²) in [6, 6.07) is 11.1. The number of hydrogen-bond donors (Lipinski definition) is 2. The van der Waals surface area contributed by atoms with Gasteiger partial charge in [-0.25, -0.2) is 8.78 Å². The van der Waals surface area contributed by atoms with Gasteiger partial charge in [0, 0.05) is 38.7 Å². The van der Waals surface area contributed by atoms with Crippen LogP contribution >= 0.6 is 15.9 Å². The summed E-state index contributed by atoms with van der Waals surface area (Å²) in [5.74, 6) is -0.975. The predicted molar refractivity (Wildman–Crippen MR) is 93.6 cm³/mol. The molecule has 0 spiro atoms. The maximum Gasteiger partial charge on any atom is 0.143 e. The van der Waals surface area contributed by atoms with E-state index in [1.807, 2.05) is 0 Å². The molecule has 7 heteroatoms. The highest BCUT2D eigenvalue weighted by Gasteiger charge is 2.07. The van der Waals surface area contributed by atoms with Crippen LogP contribution in [0.2, 0.25) is 0 Å². The third kappa shape index (κ3) is 3.23. The van der Waals surface area contributed by atoms with E-state index in [4.69, 9.17) is 10.5 Å². The van der Waals surface area contributed by atoms with E-state index >= 15 is 0 Å². The van der Waals surface area contributed by atoms with Crippen LogP contribution in [-0.4, -0.2) is 9.97 Å². The molecule has 0 unspecified atom stereocenters. The number of nitriles is 2. The summed E-state index contributed by atoms with van der Waals surface area (Å²) in [5, 5.41) is 18.8. The van der Waals surface area contributed by atoms with Crippen molar-refractivity contribution in [3.05, 3.63) is 70.0 Å². The molecule has 0 aliphatic carbocycles. The minimum absolute atomic E-state index is 0.0628. The Morgan fingerprint density at radius 3 is 2.20 bits per heavy atom. The van der Waals surface area contributed by atoms with Crippen LogP contribution in [-0.2, 0) is 0 Å². The molecule has 0 aliphatic heterocycles. The molecule has 0 fully saturated rings. The Kier molecular flexibility index (Phi) is 4.51. The fourth-order valence-electron chi connectivity index (χ4n) is 2.35. The van der Waals surface area contributed by atoms with Gasteiger partial charge >= 0.3 is 0 Å². The number of aromatic nitrogens is 2. The largest absolute Gasteiger partial charge is 0.361 e. The smallest absolute Gasteiger partial charge is 0.143 e. The second-order valence-corrected chi connectivity index (χ2v) is 5.99. The van der Waals surface area contributed by atoms with E-state index in [1.165, 1.54) is 24.3 Å². The zero-order valence-electron chi connectivity index (χ0n) is 12.6. The highest BCUT2D eigenvalue weighted by Crippen LogP contribution is 2.25. The average molecular weight is 399 g/mol.